The molecule has 3 aromatic carbocycles. The van der Waals surface area contributed by atoms with E-state index in [4.69, 9.17) is 27.9 Å². The lowest BCUT2D eigenvalue weighted by Crippen LogP contribution is -2.31. The van der Waals surface area contributed by atoms with E-state index in [0.717, 1.165) is 11.1 Å². The minimum Gasteiger partial charge on any atom is -0.488 e. The molecule has 0 unspecified atom stereocenters. The number of rotatable bonds is 6. The molecule has 1 atom stereocenters. The number of hydrogen-bond donors (Lipinski definition) is 2. The van der Waals surface area contributed by atoms with Crippen LogP contribution in [-0.2, 0) is 11.4 Å². The Morgan fingerprint density at radius 2 is 1.80 bits per heavy atom. The van der Waals surface area contributed by atoms with Crippen LogP contribution in [0.4, 0.5) is 11.6 Å². The fourth-order valence-electron chi connectivity index (χ4n) is 4.01. The second kappa shape index (κ2) is 9.82. The zero-order valence-electron chi connectivity index (χ0n) is 18.7. The lowest BCUT2D eigenvalue weighted by molar-refractivity contribution is -0.113. The van der Waals surface area contributed by atoms with Gasteiger partial charge in [0.15, 0.2) is 0 Å². The fourth-order valence-corrected chi connectivity index (χ4v) is 4.33. The second-order valence-corrected chi connectivity index (χ2v) is 8.82. The van der Waals surface area contributed by atoms with E-state index >= 15 is 0 Å². The van der Waals surface area contributed by atoms with Gasteiger partial charge in [0.2, 0.25) is 5.95 Å². The van der Waals surface area contributed by atoms with E-state index in [2.05, 4.69) is 20.7 Å². The van der Waals surface area contributed by atoms with Crippen LogP contribution in [0.25, 0.3) is 0 Å². The summed E-state index contributed by atoms with van der Waals surface area (Å²) in [6.45, 7) is 2.12. The lowest BCUT2D eigenvalue weighted by atomic mass is 9.94. The summed E-state index contributed by atoms with van der Waals surface area (Å²) < 4.78 is 7.89. The fraction of sp³-hybridized carbons (Fsp3) is 0.115. The number of para-hydroxylation sites is 1. The van der Waals surface area contributed by atoms with Gasteiger partial charge in [-0.2, -0.15) is 10.1 Å². The molecule has 4 aromatic rings. The van der Waals surface area contributed by atoms with Gasteiger partial charge < -0.3 is 15.4 Å². The molecule has 0 saturated heterocycles. The number of ether oxygens (including phenoxy) is 1. The molecule has 2 heterocycles. The van der Waals surface area contributed by atoms with Crippen LogP contribution in [0, 0.1) is 0 Å². The molecule has 1 amide bonds. The summed E-state index contributed by atoms with van der Waals surface area (Å²) in [4.78, 5) is 17.9. The highest BCUT2D eigenvalue weighted by molar-refractivity contribution is 6.31. The largest absolute Gasteiger partial charge is 0.488 e. The number of benzene rings is 3. The highest BCUT2D eigenvalue weighted by Gasteiger charge is 2.35. The summed E-state index contributed by atoms with van der Waals surface area (Å²) in [6.07, 6.45) is 1.45. The molecule has 1 aliphatic rings. The molecule has 1 aliphatic heterocycles. The third kappa shape index (κ3) is 4.73. The van der Waals surface area contributed by atoms with Crippen molar-refractivity contribution in [1.29, 1.82) is 0 Å². The van der Waals surface area contributed by atoms with Gasteiger partial charge in [-0.1, -0.05) is 59.6 Å². The third-order valence-corrected chi connectivity index (χ3v) is 6.32. The van der Waals surface area contributed by atoms with Crippen molar-refractivity contribution in [2.75, 3.05) is 10.6 Å². The van der Waals surface area contributed by atoms with E-state index in [1.807, 2.05) is 55.5 Å². The van der Waals surface area contributed by atoms with E-state index in [-0.39, 0.29) is 12.5 Å². The maximum atomic E-state index is 13.6. The molecule has 0 radical (unpaired) electrons. The number of nitrogens with zero attached hydrogens (tertiary/aromatic N) is 3. The Bertz CT molecular complexity index is 1420. The number of halogens is 2. The number of amides is 1. The SMILES string of the molecule is CC1=C(C(=O)Nc2ccc(Cl)cc2)[C@@H](c2ccccc2OCc2ccccc2Cl)n2ncnc2N1. The first-order valence-corrected chi connectivity index (χ1v) is 11.7. The topological polar surface area (TPSA) is 81.1 Å². The highest BCUT2D eigenvalue weighted by Crippen LogP contribution is 2.39. The van der Waals surface area contributed by atoms with Crippen molar-refractivity contribution < 1.29 is 9.53 Å². The number of carbonyl (C=O) groups is 1. The van der Waals surface area contributed by atoms with Crippen LogP contribution >= 0.6 is 23.2 Å². The maximum Gasteiger partial charge on any atom is 0.255 e. The molecule has 0 fully saturated rings. The second-order valence-electron chi connectivity index (χ2n) is 7.97. The number of allylic oxidation sites excluding steroid dienone is 1. The van der Waals surface area contributed by atoms with Crippen molar-refractivity contribution >= 4 is 40.7 Å². The van der Waals surface area contributed by atoms with Crippen LogP contribution in [0.1, 0.15) is 24.1 Å². The first-order chi connectivity index (χ1) is 17.0. The molecule has 5 rings (SSSR count). The van der Waals surface area contributed by atoms with Crippen molar-refractivity contribution in [2.24, 2.45) is 0 Å². The first-order valence-electron chi connectivity index (χ1n) is 10.9. The van der Waals surface area contributed by atoms with Crippen molar-refractivity contribution in [1.82, 2.24) is 14.8 Å². The quantitative estimate of drug-likeness (QED) is 0.331. The molecule has 176 valence electrons. The molecule has 0 aliphatic carbocycles. The number of carbonyl (C=O) groups excluding carboxylic acids is 1. The Morgan fingerprint density at radius 1 is 1.06 bits per heavy atom. The molecule has 7 nitrogen and oxygen atoms in total. The van der Waals surface area contributed by atoms with Crippen molar-refractivity contribution in [3.8, 4) is 5.75 Å². The Balaban J connectivity index is 1.52. The van der Waals surface area contributed by atoms with Gasteiger partial charge in [0, 0.05) is 32.6 Å². The predicted octanol–water partition coefficient (Wildman–Crippen LogP) is 6.09. The zero-order chi connectivity index (χ0) is 24.4. The predicted molar refractivity (Wildman–Crippen MR) is 137 cm³/mol. The van der Waals surface area contributed by atoms with Gasteiger partial charge in [0.05, 0.1) is 5.57 Å². The summed E-state index contributed by atoms with van der Waals surface area (Å²) in [5.74, 6) is 0.881. The van der Waals surface area contributed by atoms with Crippen molar-refractivity contribution in [3.05, 3.63) is 112 Å². The number of nitrogens with one attached hydrogen (secondary N) is 2. The summed E-state index contributed by atoms with van der Waals surface area (Å²) in [7, 11) is 0. The van der Waals surface area contributed by atoms with Gasteiger partial charge in [-0.3, -0.25) is 4.79 Å². The summed E-state index contributed by atoms with van der Waals surface area (Å²) in [6, 6.07) is 21.5. The zero-order valence-corrected chi connectivity index (χ0v) is 20.2. The molecule has 2 N–H and O–H groups in total. The first kappa shape index (κ1) is 23.0. The van der Waals surface area contributed by atoms with Gasteiger partial charge in [0.1, 0.15) is 24.7 Å². The monoisotopic (exact) mass is 505 g/mol. The summed E-state index contributed by atoms with van der Waals surface area (Å²) in [5, 5.41) is 11.8. The Kier molecular flexibility index (Phi) is 6.44. The van der Waals surface area contributed by atoms with Crippen LogP contribution in [0.3, 0.4) is 0 Å². The van der Waals surface area contributed by atoms with Crippen molar-refractivity contribution in [2.45, 2.75) is 19.6 Å². The summed E-state index contributed by atoms with van der Waals surface area (Å²) >= 11 is 12.3. The molecule has 9 heteroatoms. The number of aromatic nitrogens is 3. The van der Waals surface area contributed by atoms with Crippen LogP contribution in [0.2, 0.25) is 10.0 Å². The third-order valence-electron chi connectivity index (χ3n) is 5.70. The van der Waals surface area contributed by atoms with E-state index < -0.39 is 6.04 Å². The minimum atomic E-state index is -0.566. The van der Waals surface area contributed by atoms with Gasteiger partial charge in [-0.25, -0.2) is 4.68 Å². The van der Waals surface area contributed by atoms with Gasteiger partial charge >= 0.3 is 0 Å². The maximum absolute atomic E-state index is 13.6. The molecule has 0 bridgehead atoms. The van der Waals surface area contributed by atoms with Crippen molar-refractivity contribution in [3.63, 3.8) is 0 Å². The highest BCUT2D eigenvalue weighted by atomic mass is 35.5. The van der Waals surface area contributed by atoms with E-state index in [9.17, 15) is 4.79 Å². The molecule has 0 saturated carbocycles. The molecule has 1 aromatic heterocycles. The van der Waals surface area contributed by atoms with E-state index in [1.165, 1.54) is 6.33 Å². The molecule has 35 heavy (non-hydrogen) atoms. The Labute approximate surface area is 212 Å². The number of hydrogen-bond acceptors (Lipinski definition) is 5. The lowest BCUT2D eigenvalue weighted by Gasteiger charge is -2.29. The van der Waals surface area contributed by atoms with Crippen LogP contribution in [-0.4, -0.2) is 20.7 Å². The average Bonchev–Trinajstić information content (AvgIpc) is 3.32. The number of anilines is 2. The molecular formula is C26H21Cl2N5O2. The minimum absolute atomic E-state index is 0.274. The van der Waals surface area contributed by atoms with E-state index in [1.54, 1.807) is 28.9 Å². The van der Waals surface area contributed by atoms with Crippen LogP contribution in [0.5, 0.6) is 5.75 Å². The van der Waals surface area contributed by atoms with Gasteiger partial charge in [-0.15, -0.1) is 0 Å². The smallest absolute Gasteiger partial charge is 0.255 e. The number of fused-ring (bicyclic) bond motifs is 1. The molecule has 0 spiro atoms. The average molecular weight is 506 g/mol. The van der Waals surface area contributed by atoms with Gasteiger partial charge in [-0.05, 0) is 43.3 Å². The molecular weight excluding hydrogens is 485 g/mol. The van der Waals surface area contributed by atoms with Crippen LogP contribution in [0.15, 0.2) is 90.4 Å². The Hall–Kier alpha value is -3.81. The van der Waals surface area contributed by atoms with Crippen LogP contribution < -0.4 is 15.4 Å². The normalized spacial score (nSPS) is 14.8. The van der Waals surface area contributed by atoms with E-state index in [0.29, 0.717) is 38.7 Å². The Morgan fingerprint density at radius 3 is 2.60 bits per heavy atom. The summed E-state index contributed by atoms with van der Waals surface area (Å²) in [5.41, 5.74) is 3.43. The van der Waals surface area contributed by atoms with Gasteiger partial charge in [0.25, 0.3) is 5.91 Å². The standard InChI is InChI=1S/C26H21Cl2N5O2/c1-16-23(25(34)32-19-12-10-18(27)11-13-19)24(33-26(31-16)29-15-30-33)20-7-3-5-9-22(20)35-14-17-6-2-4-8-21(17)28/h2-13,15,24H,14H2,1H3,(H,32,34)(H,29,30,31)/t24-/m1/s1.